The summed E-state index contributed by atoms with van der Waals surface area (Å²) in [5.74, 6) is 0.554. The molecule has 0 radical (unpaired) electrons. The summed E-state index contributed by atoms with van der Waals surface area (Å²) in [5.41, 5.74) is 0.848. The number of hydrogen-bond donors (Lipinski definition) is 0. The first-order valence-corrected chi connectivity index (χ1v) is 7.82. The Balaban J connectivity index is 2.08. The summed E-state index contributed by atoms with van der Waals surface area (Å²) < 4.78 is 1.63. The first-order chi connectivity index (χ1) is 8.69. The fourth-order valence-corrected chi connectivity index (χ4v) is 4.15. The molecular formula is C12H11ClN2OS2. The van der Waals surface area contributed by atoms with Gasteiger partial charge in [0.25, 0.3) is 5.56 Å². The highest BCUT2D eigenvalue weighted by atomic mass is 35.5. The van der Waals surface area contributed by atoms with Crippen molar-refractivity contribution in [2.45, 2.75) is 23.6 Å². The van der Waals surface area contributed by atoms with Crippen molar-refractivity contribution >= 4 is 34.7 Å². The standard InChI is InChI=1S/C12H11ClN2OS2/c1-7-2-3-10(17-7)15-6-14-11-9(12(15)16)4-8(5-13)18-11/h2-3,6,8H,4-5H2,1H3/t8-/m1/s1. The third-order valence-electron chi connectivity index (χ3n) is 2.87. The zero-order valence-corrected chi connectivity index (χ0v) is 12.1. The second-order valence-corrected chi connectivity index (χ2v) is 7.05. The van der Waals surface area contributed by atoms with Crippen LogP contribution in [-0.2, 0) is 6.42 Å². The normalized spacial score (nSPS) is 18.0. The molecule has 0 unspecified atom stereocenters. The quantitative estimate of drug-likeness (QED) is 0.632. The van der Waals surface area contributed by atoms with E-state index in [9.17, 15) is 4.79 Å². The van der Waals surface area contributed by atoms with E-state index >= 15 is 0 Å². The van der Waals surface area contributed by atoms with Gasteiger partial charge in [0.15, 0.2) is 0 Å². The van der Waals surface area contributed by atoms with Crippen LogP contribution in [0, 0.1) is 6.92 Å². The molecule has 3 nitrogen and oxygen atoms in total. The van der Waals surface area contributed by atoms with E-state index in [1.54, 1.807) is 34.0 Å². The van der Waals surface area contributed by atoms with E-state index in [4.69, 9.17) is 11.6 Å². The molecule has 0 saturated carbocycles. The predicted molar refractivity (Wildman–Crippen MR) is 76.5 cm³/mol. The molecule has 0 bridgehead atoms. The number of thiophene rings is 1. The van der Waals surface area contributed by atoms with Gasteiger partial charge in [0.1, 0.15) is 16.4 Å². The van der Waals surface area contributed by atoms with Gasteiger partial charge in [-0.2, -0.15) is 0 Å². The van der Waals surface area contributed by atoms with Crippen LogP contribution in [0.5, 0.6) is 0 Å². The van der Waals surface area contributed by atoms with Crippen LogP contribution in [0.15, 0.2) is 28.3 Å². The molecule has 1 aliphatic heterocycles. The molecule has 0 amide bonds. The van der Waals surface area contributed by atoms with E-state index < -0.39 is 0 Å². The number of rotatable bonds is 2. The maximum atomic E-state index is 12.4. The summed E-state index contributed by atoms with van der Waals surface area (Å²) >= 11 is 9.06. The molecule has 6 heteroatoms. The Morgan fingerprint density at radius 3 is 3.06 bits per heavy atom. The fourth-order valence-electron chi connectivity index (χ4n) is 1.97. The van der Waals surface area contributed by atoms with Gasteiger partial charge >= 0.3 is 0 Å². The van der Waals surface area contributed by atoms with Crippen LogP contribution in [0.4, 0.5) is 0 Å². The van der Waals surface area contributed by atoms with E-state index in [1.165, 1.54) is 4.88 Å². The fraction of sp³-hybridized carbons (Fsp3) is 0.333. The molecule has 0 fully saturated rings. The Bertz CT molecular complexity index is 650. The summed E-state index contributed by atoms with van der Waals surface area (Å²) in [4.78, 5) is 18.0. The first kappa shape index (κ1) is 12.3. The van der Waals surface area contributed by atoms with Crippen LogP contribution < -0.4 is 5.56 Å². The lowest BCUT2D eigenvalue weighted by atomic mass is 10.2. The molecule has 3 heterocycles. The highest BCUT2D eigenvalue weighted by Gasteiger charge is 2.26. The van der Waals surface area contributed by atoms with Crippen LogP contribution in [-0.4, -0.2) is 20.7 Å². The number of nitrogens with zero attached hydrogens (tertiary/aromatic N) is 2. The van der Waals surface area contributed by atoms with Gasteiger partial charge in [-0.25, -0.2) is 4.98 Å². The van der Waals surface area contributed by atoms with Crippen molar-refractivity contribution in [1.82, 2.24) is 9.55 Å². The lowest BCUT2D eigenvalue weighted by Crippen LogP contribution is -2.22. The van der Waals surface area contributed by atoms with Gasteiger partial charge in [-0.1, -0.05) is 0 Å². The molecule has 0 N–H and O–H groups in total. The zero-order valence-electron chi connectivity index (χ0n) is 9.72. The molecule has 2 aromatic heterocycles. The molecule has 0 aromatic carbocycles. The Hall–Kier alpha value is -0.780. The van der Waals surface area contributed by atoms with E-state index in [-0.39, 0.29) is 10.8 Å². The minimum absolute atomic E-state index is 0.0435. The second kappa shape index (κ2) is 4.72. The lowest BCUT2D eigenvalue weighted by Gasteiger charge is -2.03. The van der Waals surface area contributed by atoms with E-state index in [0.29, 0.717) is 5.88 Å². The van der Waals surface area contributed by atoms with Gasteiger partial charge in [0.05, 0.1) is 5.56 Å². The number of thioether (sulfide) groups is 1. The summed E-state index contributed by atoms with van der Waals surface area (Å²) in [6.07, 6.45) is 2.34. The minimum atomic E-state index is 0.0435. The molecular weight excluding hydrogens is 288 g/mol. The van der Waals surface area contributed by atoms with Crippen molar-refractivity contribution in [2.75, 3.05) is 5.88 Å². The van der Waals surface area contributed by atoms with Crippen LogP contribution in [0.3, 0.4) is 0 Å². The van der Waals surface area contributed by atoms with Gasteiger partial charge in [-0.05, 0) is 25.5 Å². The molecule has 18 heavy (non-hydrogen) atoms. The maximum Gasteiger partial charge on any atom is 0.262 e. The maximum absolute atomic E-state index is 12.4. The number of fused-ring (bicyclic) bond motifs is 1. The Labute approximate surface area is 118 Å². The number of aromatic nitrogens is 2. The number of aryl methyl sites for hydroxylation is 1. The first-order valence-electron chi connectivity index (χ1n) is 5.59. The highest BCUT2D eigenvalue weighted by molar-refractivity contribution is 8.00. The monoisotopic (exact) mass is 298 g/mol. The average Bonchev–Trinajstić information content (AvgIpc) is 2.96. The van der Waals surface area contributed by atoms with Crippen LogP contribution in [0.2, 0.25) is 0 Å². The topological polar surface area (TPSA) is 34.9 Å². The van der Waals surface area contributed by atoms with Gasteiger partial charge in [0.2, 0.25) is 0 Å². The highest BCUT2D eigenvalue weighted by Crippen LogP contribution is 2.34. The van der Waals surface area contributed by atoms with E-state index in [1.807, 2.05) is 19.1 Å². The number of halogens is 1. The van der Waals surface area contributed by atoms with Crippen LogP contribution >= 0.6 is 34.7 Å². The summed E-state index contributed by atoms with van der Waals surface area (Å²) in [5, 5.41) is 2.05. The molecule has 1 aliphatic rings. The van der Waals surface area contributed by atoms with Crippen molar-refractivity contribution in [3.05, 3.63) is 39.3 Å². The van der Waals surface area contributed by atoms with Crippen molar-refractivity contribution < 1.29 is 0 Å². The van der Waals surface area contributed by atoms with Crippen LogP contribution in [0.25, 0.3) is 5.00 Å². The predicted octanol–water partition coefficient (Wildman–Crippen LogP) is 2.86. The molecule has 0 saturated heterocycles. The molecule has 0 aliphatic carbocycles. The average molecular weight is 299 g/mol. The van der Waals surface area contributed by atoms with Crippen molar-refractivity contribution in [2.24, 2.45) is 0 Å². The van der Waals surface area contributed by atoms with E-state index in [2.05, 4.69) is 4.98 Å². The molecule has 2 aromatic rings. The largest absolute Gasteiger partial charge is 0.269 e. The zero-order chi connectivity index (χ0) is 12.7. The molecule has 0 spiro atoms. The third-order valence-corrected chi connectivity index (χ3v) is 5.67. The van der Waals surface area contributed by atoms with E-state index in [0.717, 1.165) is 22.0 Å². The Kier molecular flexibility index (Phi) is 3.21. The summed E-state index contributed by atoms with van der Waals surface area (Å²) in [6, 6.07) is 3.96. The van der Waals surface area contributed by atoms with Gasteiger partial charge in [0, 0.05) is 16.0 Å². The molecule has 94 valence electrons. The molecule has 1 atom stereocenters. The van der Waals surface area contributed by atoms with Crippen molar-refractivity contribution in [3.8, 4) is 5.00 Å². The number of hydrogen-bond acceptors (Lipinski definition) is 4. The van der Waals surface area contributed by atoms with Crippen LogP contribution in [0.1, 0.15) is 10.4 Å². The van der Waals surface area contributed by atoms with Crippen molar-refractivity contribution in [1.29, 1.82) is 0 Å². The number of alkyl halides is 1. The second-order valence-electron chi connectivity index (χ2n) is 4.19. The van der Waals surface area contributed by atoms with Gasteiger partial charge in [-0.15, -0.1) is 34.7 Å². The molecule has 3 rings (SSSR count). The Morgan fingerprint density at radius 2 is 2.39 bits per heavy atom. The Morgan fingerprint density at radius 1 is 1.56 bits per heavy atom. The van der Waals surface area contributed by atoms with Gasteiger partial charge < -0.3 is 0 Å². The summed E-state index contributed by atoms with van der Waals surface area (Å²) in [6.45, 7) is 2.03. The lowest BCUT2D eigenvalue weighted by molar-refractivity contribution is 0.840. The summed E-state index contributed by atoms with van der Waals surface area (Å²) in [7, 11) is 0. The third kappa shape index (κ3) is 2.00. The smallest absolute Gasteiger partial charge is 0.262 e. The SMILES string of the molecule is Cc1ccc(-n2cnc3c(c2=O)C[C@H](CCl)S3)s1. The van der Waals surface area contributed by atoms with Gasteiger partial charge in [-0.3, -0.25) is 9.36 Å². The van der Waals surface area contributed by atoms with Crippen molar-refractivity contribution in [3.63, 3.8) is 0 Å². The minimum Gasteiger partial charge on any atom is -0.269 e.